The summed E-state index contributed by atoms with van der Waals surface area (Å²) in [6.45, 7) is 0. The number of rotatable bonds is 2. The van der Waals surface area contributed by atoms with Gasteiger partial charge in [-0.05, 0) is 30.3 Å². The molecule has 0 heterocycles. The predicted octanol–water partition coefficient (Wildman–Crippen LogP) is 3.66. The van der Waals surface area contributed by atoms with Gasteiger partial charge in [-0.1, -0.05) is 6.07 Å². The average Bonchev–Trinajstić information content (AvgIpc) is 2.42. The van der Waals surface area contributed by atoms with Crippen molar-refractivity contribution in [3.8, 4) is 23.3 Å². The van der Waals surface area contributed by atoms with E-state index in [1.807, 2.05) is 0 Å². The first-order valence-electron chi connectivity index (χ1n) is 5.69. The van der Waals surface area contributed by atoms with Crippen molar-refractivity contribution in [1.82, 2.24) is 0 Å². The number of hydrogen-bond acceptors (Lipinski definition) is 4. The fraction of sp³-hybridized carbons (Fsp3) is 0.0714. The summed E-state index contributed by atoms with van der Waals surface area (Å²) < 4.78 is 43.3. The molecule has 0 aliphatic heterocycles. The molecule has 7 heteroatoms. The number of aromatic hydroxyl groups is 1. The molecule has 0 aliphatic carbocycles. The summed E-state index contributed by atoms with van der Waals surface area (Å²) in [5.41, 5.74) is 3.94. The highest BCUT2D eigenvalue weighted by atomic mass is 19.4. The molecule has 4 nitrogen and oxygen atoms in total. The number of nitrogens with two attached hydrogens (primary N) is 1. The maximum atomic E-state index is 12.7. The van der Waals surface area contributed by atoms with Crippen molar-refractivity contribution >= 4 is 5.69 Å². The second-order valence-electron chi connectivity index (χ2n) is 4.11. The van der Waals surface area contributed by atoms with Gasteiger partial charge < -0.3 is 15.6 Å². The molecule has 2 aromatic rings. The van der Waals surface area contributed by atoms with Gasteiger partial charge in [-0.15, -0.1) is 0 Å². The SMILES string of the molecule is N#Cc1cc(Oc2cccc(O)c2N)ccc1C(F)(F)F. The van der Waals surface area contributed by atoms with Crippen LogP contribution in [0.25, 0.3) is 0 Å². The number of benzene rings is 2. The standard InChI is InChI=1S/C14H9F3N2O2/c15-14(16,17)10-5-4-9(6-8(10)7-18)21-12-3-1-2-11(20)13(12)19/h1-6,20H,19H2. The smallest absolute Gasteiger partial charge is 0.417 e. The number of ether oxygens (including phenoxy) is 1. The van der Waals surface area contributed by atoms with Gasteiger partial charge in [-0.2, -0.15) is 18.4 Å². The van der Waals surface area contributed by atoms with E-state index in [0.29, 0.717) is 0 Å². The number of halogens is 3. The maximum absolute atomic E-state index is 12.7. The number of nitriles is 1. The number of para-hydroxylation sites is 1. The summed E-state index contributed by atoms with van der Waals surface area (Å²) >= 11 is 0. The van der Waals surface area contributed by atoms with Crippen LogP contribution in [0.15, 0.2) is 36.4 Å². The second kappa shape index (κ2) is 5.25. The number of anilines is 1. The van der Waals surface area contributed by atoms with E-state index in [-0.39, 0.29) is 22.9 Å². The van der Waals surface area contributed by atoms with Gasteiger partial charge in [0, 0.05) is 0 Å². The number of alkyl halides is 3. The zero-order chi connectivity index (χ0) is 15.6. The Labute approximate surface area is 117 Å². The minimum absolute atomic E-state index is 0.0110. The molecule has 0 saturated carbocycles. The van der Waals surface area contributed by atoms with Crippen molar-refractivity contribution in [2.75, 3.05) is 5.73 Å². The number of phenols is 1. The molecule has 0 fully saturated rings. The molecule has 108 valence electrons. The molecule has 0 aliphatic rings. The zero-order valence-electron chi connectivity index (χ0n) is 10.5. The fourth-order valence-corrected chi connectivity index (χ4v) is 1.67. The molecule has 0 amide bonds. The Bertz CT molecular complexity index is 721. The average molecular weight is 294 g/mol. The van der Waals surface area contributed by atoms with Gasteiger partial charge in [0.1, 0.15) is 17.2 Å². The normalized spacial score (nSPS) is 11.0. The van der Waals surface area contributed by atoms with Crippen molar-refractivity contribution in [3.63, 3.8) is 0 Å². The Kier molecular flexibility index (Phi) is 3.63. The molecule has 2 rings (SSSR count). The van der Waals surface area contributed by atoms with Crippen molar-refractivity contribution < 1.29 is 23.0 Å². The highest BCUT2D eigenvalue weighted by Crippen LogP contribution is 2.37. The summed E-state index contributed by atoms with van der Waals surface area (Å²) in [6, 6.07) is 8.53. The highest BCUT2D eigenvalue weighted by Gasteiger charge is 2.33. The third-order valence-corrected chi connectivity index (χ3v) is 2.69. The number of hydrogen-bond donors (Lipinski definition) is 2. The molecule has 21 heavy (non-hydrogen) atoms. The molecular formula is C14H9F3N2O2. The third-order valence-electron chi connectivity index (χ3n) is 2.69. The van der Waals surface area contributed by atoms with Crippen LogP contribution in [-0.2, 0) is 6.18 Å². The molecule has 0 saturated heterocycles. The highest BCUT2D eigenvalue weighted by molar-refractivity contribution is 5.63. The molecular weight excluding hydrogens is 285 g/mol. The quantitative estimate of drug-likeness (QED) is 0.654. The second-order valence-corrected chi connectivity index (χ2v) is 4.11. The number of nitrogen functional groups attached to an aromatic ring is 1. The summed E-state index contributed by atoms with van der Waals surface area (Å²) in [6.07, 6.45) is -4.62. The van der Waals surface area contributed by atoms with E-state index in [1.165, 1.54) is 24.3 Å². The van der Waals surface area contributed by atoms with E-state index in [0.717, 1.165) is 18.2 Å². The molecule has 2 aromatic carbocycles. The Morgan fingerprint density at radius 2 is 1.90 bits per heavy atom. The lowest BCUT2D eigenvalue weighted by molar-refractivity contribution is -0.137. The maximum Gasteiger partial charge on any atom is 0.417 e. The topological polar surface area (TPSA) is 79.3 Å². The van der Waals surface area contributed by atoms with Gasteiger partial charge in [0.05, 0.1) is 17.2 Å². The predicted molar refractivity (Wildman–Crippen MR) is 68.8 cm³/mol. The van der Waals surface area contributed by atoms with Gasteiger partial charge in [0.25, 0.3) is 0 Å². The molecule has 0 bridgehead atoms. The van der Waals surface area contributed by atoms with Crippen molar-refractivity contribution in [1.29, 1.82) is 5.26 Å². The molecule has 0 atom stereocenters. The summed E-state index contributed by atoms with van der Waals surface area (Å²) in [5.74, 6) is -0.115. The van der Waals surface area contributed by atoms with E-state index < -0.39 is 17.3 Å². The van der Waals surface area contributed by atoms with Crippen LogP contribution in [0.3, 0.4) is 0 Å². The number of phenolic OH excluding ortho intramolecular Hbond substituents is 1. The van der Waals surface area contributed by atoms with Gasteiger partial charge in [-0.3, -0.25) is 0 Å². The van der Waals surface area contributed by atoms with Crippen molar-refractivity contribution in [2.24, 2.45) is 0 Å². The van der Waals surface area contributed by atoms with E-state index in [9.17, 15) is 18.3 Å². The van der Waals surface area contributed by atoms with Crippen molar-refractivity contribution in [2.45, 2.75) is 6.18 Å². The van der Waals surface area contributed by atoms with Crippen LogP contribution in [0, 0.1) is 11.3 Å². The molecule has 0 unspecified atom stereocenters. The Hall–Kier alpha value is -2.88. The fourth-order valence-electron chi connectivity index (χ4n) is 1.67. The lowest BCUT2D eigenvalue weighted by Gasteiger charge is -2.12. The van der Waals surface area contributed by atoms with E-state index >= 15 is 0 Å². The number of nitrogens with zero attached hydrogens (tertiary/aromatic N) is 1. The van der Waals surface area contributed by atoms with E-state index in [4.69, 9.17) is 15.7 Å². The zero-order valence-corrected chi connectivity index (χ0v) is 10.5. The van der Waals surface area contributed by atoms with Crippen LogP contribution in [-0.4, -0.2) is 5.11 Å². The summed E-state index contributed by atoms with van der Waals surface area (Å²) in [7, 11) is 0. The van der Waals surface area contributed by atoms with E-state index in [1.54, 1.807) is 0 Å². The monoisotopic (exact) mass is 294 g/mol. The Morgan fingerprint density at radius 3 is 2.52 bits per heavy atom. The summed E-state index contributed by atoms with van der Waals surface area (Å²) in [5, 5.41) is 18.2. The lowest BCUT2D eigenvalue weighted by atomic mass is 10.1. The molecule has 3 N–H and O–H groups in total. The largest absolute Gasteiger partial charge is 0.506 e. The first kappa shape index (κ1) is 14.5. The van der Waals surface area contributed by atoms with Gasteiger partial charge >= 0.3 is 6.18 Å². The third kappa shape index (κ3) is 3.00. The first-order chi connectivity index (χ1) is 9.82. The van der Waals surface area contributed by atoms with Crippen LogP contribution in [0.5, 0.6) is 17.2 Å². The minimum atomic E-state index is -4.62. The molecule has 0 radical (unpaired) electrons. The molecule has 0 spiro atoms. The Balaban J connectivity index is 2.39. The van der Waals surface area contributed by atoms with E-state index in [2.05, 4.69) is 0 Å². The lowest BCUT2D eigenvalue weighted by Crippen LogP contribution is -2.07. The van der Waals surface area contributed by atoms with Crippen LogP contribution >= 0.6 is 0 Å². The van der Waals surface area contributed by atoms with Crippen LogP contribution < -0.4 is 10.5 Å². The van der Waals surface area contributed by atoms with Gasteiger partial charge in [-0.25, -0.2) is 0 Å². The van der Waals surface area contributed by atoms with Crippen LogP contribution in [0.4, 0.5) is 18.9 Å². The minimum Gasteiger partial charge on any atom is -0.506 e. The molecule has 0 aromatic heterocycles. The van der Waals surface area contributed by atoms with Gasteiger partial charge in [0.15, 0.2) is 5.75 Å². The summed E-state index contributed by atoms with van der Waals surface area (Å²) in [4.78, 5) is 0. The van der Waals surface area contributed by atoms with Crippen molar-refractivity contribution in [3.05, 3.63) is 47.5 Å². The van der Waals surface area contributed by atoms with Gasteiger partial charge in [0.2, 0.25) is 0 Å². The first-order valence-corrected chi connectivity index (χ1v) is 5.69. The van der Waals surface area contributed by atoms with Crippen LogP contribution in [0.1, 0.15) is 11.1 Å². The Morgan fingerprint density at radius 1 is 1.19 bits per heavy atom. The van der Waals surface area contributed by atoms with Crippen LogP contribution in [0.2, 0.25) is 0 Å².